The van der Waals surface area contributed by atoms with E-state index in [4.69, 9.17) is 9.97 Å². The Labute approximate surface area is 186 Å². The van der Waals surface area contributed by atoms with E-state index >= 15 is 0 Å². The van der Waals surface area contributed by atoms with Crippen LogP contribution in [0.15, 0.2) is 47.7 Å². The van der Waals surface area contributed by atoms with E-state index < -0.39 is 0 Å². The van der Waals surface area contributed by atoms with E-state index in [-0.39, 0.29) is 5.56 Å². The molecule has 0 amide bonds. The lowest BCUT2D eigenvalue weighted by molar-refractivity contribution is 0.407. The van der Waals surface area contributed by atoms with Gasteiger partial charge in [0.05, 0.1) is 17.1 Å². The number of anilines is 1. The van der Waals surface area contributed by atoms with Gasteiger partial charge in [0.2, 0.25) is 0 Å². The molecule has 1 aliphatic heterocycles. The molecule has 1 saturated carbocycles. The van der Waals surface area contributed by atoms with Gasteiger partial charge in [-0.3, -0.25) is 9.20 Å². The van der Waals surface area contributed by atoms with Crippen molar-refractivity contribution in [2.75, 3.05) is 18.0 Å². The average Bonchev–Trinajstić information content (AvgIpc) is 3.52. The summed E-state index contributed by atoms with van der Waals surface area (Å²) in [4.78, 5) is 25.0. The van der Waals surface area contributed by atoms with Crippen LogP contribution in [0.4, 0.5) is 5.69 Å². The molecule has 0 spiro atoms. The molecule has 164 valence electrons. The Balaban J connectivity index is 1.43. The molecular weight excluding hydrogens is 400 g/mol. The third kappa shape index (κ3) is 3.37. The first-order chi connectivity index (χ1) is 15.4. The van der Waals surface area contributed by atoms with Crippen molar-refractivity contribution in [3.8, 4) is 11.3 Å². The highest BCUT2D eigenvalue weighted by atomic mass is 16.1. The van der Waals surface area contributed by atoms with Gasteiger partial charge in [0.25, 0.3) is 5.56 Å². The molecule has 0 aromatic carbocycles. The van der Waals surface area contributed by atoms with Crippen molar-refractivity contribution in [2.24, 2.45) is 0 Å². The number of nitrogens with one attached hydrogen (secondary N) is 1. The van der Waals surface area contributed by atoms with Crippen LogP contribution in [0.2, 0.25) is 0 Å². The molecule has 0 unspecified atom stereocenters. The maximum Gasteiger partial charge on any atom is 0.258 e. The number of pyridine rings is 2. The smallest absolute Gasteiger partial charge is 0.258 e. The number of imidazole rings is 1. The fraction of sp³-hybridized carbons (Fsp3) is 0.400. The summed E-state index contributed by atoms with van der Waals surface area (Å²) in [5.74, 6) is 0.562. The lowest BCUT2D eigenvalue weighted by atomic mass is 10.1. The Morgan fingerprint density at radius 2 is 1.78 bits per heavy atom. The third-order valence-corrected chi connectivity index (χ3v) is 6.58. The van der Waals surface area contributed by atoms with Crippen LogP contribution in [0.25, 0.3) is 22.6 Å². The first-order valence-electron chi connectivity index (χ1n) is 11.5. The minimum absolute atomic E-state index is 0.0574. The first kappa shape index (κ1) is 19.5. The molecule has 5 heterocycles. The van der Waals surface area contributed by atoms with Gasteiger partial charge < -0.3 is 14.6 Å². The highest BCUT2D eigenvalue weighted by molar-refractivity contribution is 5.67. The van der Waals surface area contributed by atoms with Gasteiger partial charge in [0.15, 0.2) is 0 Å². The third-order valence-electron chi connectivity index (χ3n) is 6.58. The van der Waals surface area contributed by atoms with Crippen molar-refractivity contribution in [1.82, 2.24) is 24.1 Å². The number of rotatable bonds is 3. The summed E-state index contributed by atoms with van der Waals surface area (Å²) < 4.78 is 3.75. The predicted molar refractivity (Wildman–Crippen MR) is 127 cm³/mol. The molecule has 4 aromatic rings. The van der Waals surface area contributed by atoms with E-state index in [1.807, 2.05) is 31.6 Å². The van der Waals surface area contributed by atoms with E-state index in [2.05, 4.69) is 40.6 Å². The van der Waals surface area contributed by atoms with Crippen molar-refractivity contribution in [3.05, 3.63) is 64.5 Å². The normalized spacial score (nSPS) is 21.5. The molecule has 7 heteroatoms. The van der Waals surface area contributed by atoms with Gasteiger partial charge in [-0.25, -0.2) is 9.97 Å². The highest BCUT2D eigenvalue weighted by Gasteiger charge is 2.27. The van der Waals surface area contributed by atoms with Crippen LogP contribution in [0.5, 0.6) is 0 Å². The highest BCUT2D eigenvalue weighted by Crippen LogP contribution is 2.42. The average molecular weight is 429 g/mol. The predicted octanol–water partition coefficient (Wildman–Crippen LogP) is 3.38. The summed E-state index contributed by atoms with van der Waals surface area (Å²) in [6, 6.07) is 8.69. The summed E-state index contributed by atoms with van der Waals surface area (Å²) in [6.45, 7) is 8.24. The van der Waals surface area contributed by atoms with Gasteiger partial charge in [-0.05, 0) is 63.3 Å². The molecule has 2 aliphatic rings. The van der Waals surface area contributed by atoms with Gasteiger partial charge >= 0.3 is 0 Å². The summed E-state index contributed by atoms with van der Waals surface area (Å²) in [7, 11) is 0. The maximum atomic E-state index is 13.1. The Kier molecular flexibility index (Phi) is 4.37. The fourth-order valence-electron chi connectivity index (χ4n) is 5.05. The number of aryl methyl sites for hydroxylation is 1. The second-order valence-electron chi connectivity index (χ2n) is 9.54. The molecule has 6 rings (SSSR count). The molecule has 0 bridgehead atoms. The standard InChI is InChI=1S/C25H28N6O/c1-15-10-29(11-16(2)26-15)20-6-7-23-28-22(9-24(32)31(23)14-20)19-8-21(18-4-5-18)25-27-17(3)12-30(25)13-19/h6-9,12-16,18,26H,4-5,10-11H2,1-3H3/t15-,16+. The minimum atomic E-state index is -0.0574. The van der Waals surface area contributed by atoms with E-state index in [1.54, 1.807) is 10.5 Å². The van der Waals surface area contributed by atoms with Crippen LogP contribution in [-0.4, -0.2) is 43.9 Å². The molecule has 32 heavy (non-hydrogen) atoms. The van der Waals surface area contributed by atoms with Crippen LogP contribution in [0, 0.1) is 6.92 Å². The molecule has 0 radical (unpaired) electrons. The lowest BCUT2D eigenvalue weighted by Crippen LogP contribution is -2.54. The maximum absolute atomic E-state index is 13.1. The van der Waals surface area contributed by atoms with E-state index in [0.29, 0.717) is 29.3 Å². The SMILES string of the molecule is Cc1cn2cc(-c3cc(=O)n4cc(N5C[C@@H](C)N[C@@H](C)C5)ccc4n3)cc(C3CC3)c2n1. The number of fused-ring (bicyclic) bond motifs is 2. The Morgan fingerprint density at radius 3 is 2.53 bits per heavy atom. The summed E-state index contributed by atoms with van der Waals surface area (Å²) in [5.41, 5.74) is 6.62. The molecule has 1 aliphatic carbocycles. The Bertz CT molecular complexity index is 1390. The zero-order valence-corrected chi connectivity index (χ0v) is 18.7. The Morgan fingerprint density at radius 1 is 1.00 bits per heavy atom. The minimum Gasteiger partial charge on any atom is -0.367 e. The van der Waals surface area contributed by atoms with Crippen LogP contribution in [0.3, 0.4) is 0 Å². The van der Waals surface area contributed by atoms with Gasteiger partial charge in [0, 0.05) is 55.4 Å². The lowest BCUT2D eigenvalue weighted by Gasteiger charge is -2.37. The zero-order valence-electron chi connectivity index (χ0n) is 18.7. The largest absolute Gasteiger partial charge is 0.367 e. The van der Waals surface area contributed by atoms with Gasteiger partial charge in [-0.15, -0.1) is 0 Å². The quantitative estimate of drug-likeness (QED) is 0.542. The molecule has 7 nitrogen and oxygen atoms in total. The Hall–Kier alpha value is -3.19. The zero-order chi connectivity index (χ0) is 22.0. The molecule has 1 N–H and O–H groups in total. The summed E-state index contributed by atoms with van der Waals surface area (Å²) in [6.07, 6.45) is 8.41. The van der Waals surface area contributed by atoms with E-state index in [9.17, 15) is 4.79 Å². The second-order valence-corrected chi connectivity index (χ2v) is 9.54. The number of hydrogen-bond acceptors (Lipinski definition) is 5. The van der Waals surface area contributed by atoms with Crippen LogP contribution >= 0.6 is 0 Å². The van der Waals surface area contributed by atoms with Crippen molar-refractivity contribution < 1.29 is 0 Å². The summed E-state index contributed by atoms with van der Waals surface area (Å²) in [5, 5.41) is 3.56. The van der Waals surface area contributed by atoms with Crippen LogP contribution in [-0.2, 0) is 0 Å². The van der Waals surface area contributed by atoms with Crippen molar-refractivity contribution in [3.63, 3.8) is 0 Å². The second kappa shape index (κ2) is 7.17. The summed E-state index contributed by atoms with van der Waals surface area (Å²) >= 11 is 0. The van der Waals surface area contributed by atoms with E-state index in [0.717, 1.165) is 35.7 Å². The van der Waals surface area contributed by atoms with Crippen molar-refractivity contribution in [2.45, 2.75) is 51.6 Å². The molecule has 2 atom stereocenters. The monoisotopic (exact) mass is 428 g/mol. The van der Waals surface area contributed by atoms with Gasteiger partial charge in [-0.1, -0.05) is 0 Å². The number of nitrogens with zero attached hydrogens (tertiary/aromatic N) is 5. The number of hydrogen-bond donors (Lipinski definition) is 1. The van der Waals surface area contributed by atoms with Crippen LogP contribution < -0.4 is 15.8 Å². The van der Waals surface area contributed by atoms with E-state index in [1.165, 1.54) is 18.4 Å². The van der Waals surface area contributed by atoms with Crippen LogP contribution in [0.1, 0.15) is 43.9 Å². The van der Waals surface area contributed by atoms with Gasteiger partial charge in [-0.2, -0.15) is 0 Å². The topological polar surface area (TPSA) is 66.9 Å². The van der Waals surface area contributed by atoms with Gasteiger partial charge in [0.1, 0.15) is 11.3 Å². The first-order valence-corrected chi connectivity index (χ1v) is 11.5. The molecule has 4 aromatic heterocycles. The van der Waals surface area contributed by atoms with Crippen molar-refractivity contribution in [1.29, 1.82) is 0 Å². The molecule has 2 fully saturated rings. The molecular formula is C25H28N6O. The number of piperazine rings is 1. The number of aromatic nitrogens is 4. The fourth-order valence-corrected chi connectivity index (χ4v) is 5.05. The van der Waals surface area contributed by atoms with Crippen molar-refractivity contribution >= 4 is 17.0 Å². The molecule has 1 saturated heterocycles.